The number of morpholine rings is 1. The van der Waals surface area contributed by atoms with E-state index in [1.165, 1.54) is 0 Å². The summed E-state index contributed by atoms with van der Waals surface area (Å²) in [6.45, 7) is 7.89. The molecule has 11 heteroatoms. The number of anilines is 3. The molecule has 3 N–H and O–H groups in total. The molecule has 1 aromatic carbocycles. The lowest BCUT2D eigenvalue weighted by molar-refractivity contribution is -0.0290. The van der Waals surface area contributed by atoms with Gasteiger partial charge in [-0.05, 0) is 43.5 Å². The molecule has 2 atom stereocenters. The lowest BCUT2D eigenvalue weighted by atomic mass is 10.1. The van der Waals surface area contributed by atoms with Gasteiger partial charge >= 0.3 is 0 Å². The Labute approximate surface area is 234 Å². The van der Waals surface area contributed by atoms with Gasteiger partial charge in [0.2, 0.25) is 5.82 Å². The van der Waals surface area contributed by atoms with Crippen molar-refractivity contribution in [3.8, 4) is 28.8 Å². The number of aromatic hydroxyl groups is 1. The Hall–Kier alpha value is -3.98. The first-order valence-corrected chi connectivity index (χ1v) is 13.6. The van der Waals surface area contributed by atoms with Gasteiger partial charge < -0.3 is 30.1 Å². The molecule has 0 aliphatic carbocycles. The minimum Gasteiger partial charge on any atom is -0.507 e. The van der Waals surface area contributed by atoms with Gasteiger partial charge in [-0.25, -0.2) is 9.97 Å². The number of para-hydroxylation sites is 1. The van der Waals surface area contributed by atoms with Gasteiger partial charge in [-0.15, -0.1) is 10.2 Å². The number of rotatable bonds is 6. The van der Waals surface area contributed by atoms with E-state index >= 15 is 0 Å². The Morgan fingerprint density at radius 2 is 2.02 bits per heavy atom. The van der Waals surface area contributed by atoms with Crippen LogP contribution in [-0.4, -0.2) is 102 Å². The van der Waals surface area contributed by atoms with Gasteiger partial charge in [0.15, 0.2) is 5.82 Å². The SMILES string of the molecule is COC[C@H]1COCCN1CC#Cc1nccc(N2CCN(c3cc(-c4ccccc4O)nnc3N)CC[C@@H]2C)n1. The van der Waals surface area contributed by atoms with Crippen LogP contribution >= 0.6 is 0 Å². The molecule has 40 heavy (non-hydrogen) atoms. The predicted octanol–water partition coefficient (Wildman–Crippen LogP) is 2.03. The monoisotopic (exact) mass is 544 g/mol. The first kappa shape index (κ1) is 27.6. The summed E-state index contributed by atoms with van der Waals surface area (Å²) < 4.78 is 10.9. The van der Waals surface area contributed by atoms with E-state index in [2.05, 4.69) is 48.6 Å². The molecule has 0 bridgehead atoms. The second-order valence-corrected chi connectivity index (χ2v) is 10.0. The molecule has 0 spiro atoms. The van der Waals surface area contributed by atoms with Crippen molar-refractivity contribution in [3.63, 3.8) is 0 Å². The van der Waals surface area contributed by atoms with Crippen LogP contribution in [0.3, 0.4) is 0 Å². The number of hydrogen-bond donors (Lipinski definition) is 2. The van der Waals surface area contributed by atoms with E-state index in [1.54, 1.807) is 25.4 Å². The average Bonchev–Trinajstić information content (AvgIpc) is 3.16. The molecule has 0 amide bonds. The van der Waals surface area contributed by atoms with Crippen molar-refractivity contribution in [1.29, 1.82) is 0 Å². The Morgan fingerprint density at radius 3 is 2.88 bits per heavy atom. The molecule has 0 radical (unpaired) electrons. The summed E-state index contributed by atoms with van der Waals surface area (Å²) in [5.41, 5.74) is 8.29. The van der Waals surface area contributed by atoms with Crippen molar-refractivity contribution < 1.29 is 14.6 Å². The van der Waals surface area contributed by atoms with Crippen LogP contribution in [0.2, 0.25) is 0 Å². The summed E-state index contributed by atoms with van der Waals surface area (Å²) in [4.78, 5) is 16.0. The summed E-state index contributed by atoms with van der Waals surface area (Å²) in [6.07, 6.45) is 2.67. The number of hydrogen-bond acceptors (Lipinski definition) is 11. The number of phenolic OH excluding ortho intramolecular Hbond substituents is 1. The molecule has 4 heterocycles. The zero-order valence-corrected chi connectivity index (χ0v) is 23.0. The number of phenols is 1. The molecule has 2 aromatic heterocycles. The molecule has 5 rings (SSSR count). The van der Waals surface area contributed by atoms with Gasteiger partial charge in [-0.2, -0.15) is 0 Å². The van der Waals surface area contributed by atoms with Gasteiger partial charge in [0, 0.05) is 51.1 Å². The highest BCUT2D eigenvalue weighted by molar-refractivity contribution is 5.74. The highest BCUT2D eigenvalue weighted by Gasteiger charge is 2.25. The summed E-state index contributed by atoms with van der Waals surface area (Å²) in [5.74, 6) is 8.28. The van der Waals surface area contributed by atoms with Crippen LogP contribution < -0.4 is 15.5 Å². The van der Waals surface area contributed by atoms with Gasteiger partial charge in [0.25, 0.3) is 0 Å². The average molecular weight is 545 g/mol. The van der Waals surface area contributed by atoms with E-state index in [9.17, 15) is 5.11 Å². The lowest BCUT2D eigenvalue weighted by Crippen LogP contribution is -2.47. The number of nitrogens with zero attached hydrogens (tertiary/aromatic N) is 7. The predicted molar refractivity (Wildman–Crippen MR) is 154 cm³/mol. The van der Waals surface area contributed by atoms with E-state index in [0.717, 1.165) is 44.1 Å². The van der Waals surface area contributed by atoms with E-state index in [1.807, 2.05) is 24.3 Å². The normalized spacial score (nSPS) is 20.1. The standard InChI is InChI=1S/C29H36N8O3/c1-21-10-13-36(25-18-24(33-34-29(25)30)23-6-3-4-7-26(23)38)14-15-37(21)28-9-11-31-27(32-28)8-5-12-35-16-17-40-20-22(35)19-39-2/h3-4,6-7,9,11,18,21-22,38H,10,12-17,19-20H2,1-2H3,(H2,30,34)/t21-,22-/m0/s1. The Balaban J connectivity index is 1.28. The smallest absolute Gasteiger partial charge is 0.206 e. The first-order valence-electron chi connectivity index (χ1n) is 13.6. The molecule has 11 nitrogen and oxygen atoms in total. The molecule has 0 unspecified atom stereocenters. The third-order valence-corrected chi connectivity index (χ3v) is 7.41. The Bertz CT molecular complexity index is 1360. The topological polar surface area (TPSA) is 126 Å². The van der Waals surface area contributed by atoms with Crippen molar-refractivity contribution in [2.45, 2.75) is 25.4 Å². The highest BCUT2D eigenvalue weighted by Crippen LogP contribution is 2.32. The highest BCUT2D eigenvalue weighted by atomic mass is 16.5. The fourth-order valence-corrected chi connectivity index (χ4v) is 5.14. The van der Waals surface area contributed by atoms with Crippen molar-refractivity contribution in [2.75, 3.05) is 75.2 Å². The van der Waals surface area contributed by atoms with E-state index in [4.69, 9.17) is 20.2 Å². The Morgan fingerprint density at radius 1 is 1.15 bits per heavy atom. The third kappa shape index (κ3) is 6.42. The quantitative estimate of drug-likeness (QED) is 0.443. The molecule has 2 saturated heterocycles. The van der Waals surface area contributed by atoms with Crippen LogP contribution in [0, 0.1) is 11.8 Å². The molecule has 0 saturated carbocycles. The minimum atomic E-state index is 0.158. The van der Waals surface area contributed by atoms with Crippen LogP contribution in [0.25, 0.3) is 11.3 Å². The number of nitrogens with two attached hydrogens (primary N) is 1. The molecule has 2 aliphatic rings. The molecule has 210 valence electrons. The molecular formula is C29H36N8O3. The molecule has 3 aromatic rings. The second-order valence-electron chi connectivity index (χ2n) is 10.0. The van der Waals surface area contributed by atoms with E-state index in [-0.39, 0.29) is 17.8 Å². The zero-order valence-electron chi connectivity index (χ0n) is 23.0. The zero-order chi connectivity index (χ0) is 27.9. The fraction of sp³-hybridized carbons (Fsp3) is 0.448. The van der Waals surface area contributed by atoms with Crippen molar-refractivity contribution in [1.82, 2.24) is 25.1 Å². The third-order valence-electron chi connectivity index (χ3n) is 7.41. The van der Waals surface area contributed by atoms with Gasteiger partial charge in [0.05, 0.1) is 43.8 Å². The number of ether oxygens (including phenoxy) is 2. The number of benzene rings is 1. The van der Waals surface area contributed by atoms with E-state index < -0.39 is 0 Å². The number of aromatic nitrogens is 4. The summed E-state index contributed by atoms with van der Waals surface area (Å²) >= 11 is 0. The van der Waals surface area contributed by atoms with Crippen LogP contribution in [0.4, 0.5) is 17.3 Å². The number of methoxy groups -OCH3 is 1. The maximum absolute atomic E-state index is 10.3. The number of nitrogen functional groups attached to an aromatic ring is 1. The molecule has 2 fully saturated rings. The minimum absolute atomic E-state index is 0.158. The summed E-state index contributed by atoms with van der Waals surface area (Å²) in [6, 6.07) is 11.4. The van der Waals surface area contributed by atoms with Crippen molar-refractivity contribution in [3.05, 3.63) is 48.4 Å². The maximum atomic E-state index is 10.3. The van der Waals surface area contributed by atoms with E-state index in [0.29, 0.717) is 49.3 Å². The van der Waals surface area contributed by atoms with Crippen LogP contribution in [0.5, 0.6) is 5.75 Å². The molecule has 2 aliphatic heterocycles. The molecular weight excluding hydrogens is 508 g/mol. The van der Waals surface area contributed by atoms with Crippen molar-refractivity contribution >= 4 is 17.3 Å². The van der Waals surface area contributed by atoms with Crippen LogP contribution in [0.15, 0.2) is 42.6 Å². The maximum Gasteiger partial charge on any atom is 0.206 e. The summed E-state index contributed by atoms with van der Waals surface area (Å²) in [5, 5.41) is 18.7. The van der Waals surface area contributed by atoms with Crippen LogP contribution in [0.1, 0.15) is 19.2 Å². The largest absolute Gasteiger partial charge is 0.507 e. The van der Waals surface area contributed by atoms with Gasteiger partial charge in [-0.1, -0.05) is 18.1 Å². The fourth-order valence-electron chi connectivity index (χ4n) is 5.14. The lowest BCUT2D eigenvalue weighted by Gasteiger charge is -2.33. The van der Waals surface area contributed by atoms with Gasteiger partial charge in [0.1, 0.15) is 11.6 Å². The summed E-state index contributed by atoms with van der Waals surface area (Å²) in [7, 11) is 1.71. The van der Waals surface area contributed by atoms with Gasteiger partial charge in [-0.3, -0.25) is 4.90 Å². The van der Waals surface area contributed by atoms with Crippen LogP contribution in [-0.2, 0) is 9.47 Å². The van der Waals surface area contributed by atoms with Crippen molar-refractivity contribution in [2.24, 2.45) is 0 Å². The second kappa shape index (κ2) is 12.9. The Kier molecular flexibility index (Phi) is 8.91. The first-order chi connectivity index (χ1) is 19.5.